The van der Waals surface area contributed by atoms with Crippen molar-refractivity contribution < 1.29 is 9.59 Å². The van der Waals surface area contributed by atoms with Gasteiger partial charge >= 0.3 is 6.03 Å². The van der Waals surface area contributed by atoms with Crippen molar-refractivity contribution in [3.05, 3.63) is 78.2 Å². The Morgan fingerprint density at radius 2 is 2.00 bits per heavy atom. The molecule has 1 aromatic carbocycles. The Labute approximate surface area is 229 Å². The van der Waals surface area contributed by atoms with Gasteiger partial charge in [0.1, 0.15) is 11.7 Å². The summed E-state index contributed by atoms with van der Waals surface area (Å²) in [6, 6.07) is 10.9. The quantitative estimate of drug-likeness (QED) is 0.412. The number of benzene rings is 1. The lowest BCUT2D eigenvalue weighted by Crippen LogP contribution is -2.47. The van der Waals surface area contributed by atoms with Gasteiger partial charge in [-0.3, -0.25) is 10.1 Å². The minimum Gasteiger partial charge on any atom is -0.369 e. The Morgan fingerprint density at radius 1 is 1.21 bits per heavy atom. The first-order chi connectivity index (χ1) is 18.9. The van der Waals surface area contributed by atoms with Crippen molar-refractivity contribution in [3.63, 3.8) is 0 Å². The summed E-state index contributed by atoms with van der Waals surface area (Å²) in [5.41, 5.74) is 5.68. The highest BCUT2D eigenvalue weighted by atomic mass is 16.2. The maximum Gasteiger partial charge on any atom is 0.324 e. The van der Waals surface area contributed by atoms with E-state index in [1.807, 2.05) is 50.2 Å². The van der Waals surface area contributed by atoms with Crippen LogP contribution in [0, 0.1) is 11.8 Å². The van der Waals surface area contributed by atoms with Crippen LogP contribution in [0.2, 0.25) is 0 Å². The molecule has 1 atom stereocenters. The molecule has 0 aliphatic carbocycles. The molecule has 9 heteroatoms. The second-order valence-corrected chi connectivity index (χ2v) is 9.45. The Morgan fingerprint density at radius 3 is 2.72 bits per heavy atom. The zero-order chi connectivity index (χ0) is 27.8. The highest BCUT2D eigenvalue weighted by Crippen LogP contribution is 2.25. The van der Waals surface area contributed by atoms with Gasteiger partial charge in [-0.2, -0.15) is 0 Å². The third kappa shape index (κ3) is 7.14. The van der Waals surface area contributed by atoms with E-state index in [1.165, 1.54) is 6.20 Å². The molecule has 2 aliphatic heterocycles. The number of hydrogen-bond donors (Lipinski definition) is 4. The number of hydrogen-bond acceptors (Lipinski definition) is 5. The van der Waals surface area contributed by atoms with Gasteiger partial charge in [0.25, 0.3) is 5.91 Å². The number of allylic oxidation sites excluding steroid dienone is 1. The van der Waals surface area contributed by atoms with Gasteiger partial charge in [0.15, 0.2) is 0 Å². The van der Waals surface area contributed by atoms with Gasteiger partial charge in [-0.1, -0.05) is 30.2 Å². The molecule has 1 saturated heterocycles. The molecule has 4 N–H and O–H groups in total. The highest BCUT2D eigenvalue weighted by molar-refractivity contribution is 6.11. The molecule has 0 radical (unpaired) electrons. The van der Waals surface area contributed by atoms with Crippen molar-refractivity contribution in [1.82, 2.24) is 15.6 Å². The van der Waals surface area contributed by atoms with Crippen LogP contribution in [0.15, 0.2) is 77.6 Å². The molecule has 4 rings (SSSR count). The molecule has 3 heterocycles. The van der Waals surface area contributed by atoms with Gasteiger partial charge in [0.2, 0.25) is 0 Å². The molecule has 3 amide bonds. The standard InChI is InChI=1S/C30H33N7O2/c1-5-8-28(38)33-23-9-7-16-37(19-23)24-14-15-32-27(17-24)36-30(39)34-22-12-10-21(11-13-22)26-18-25(20(3)4)29(35-26)31-6-2/h6,10-15,17-18,23H,2,7,9,16,19H2,1,3-4H3,(H,31,35)(H,33,38)(H2,32,34,36,39)/t23-/m1/s1. The number of anilines is 3. The first-order valence-corrected chi connectivity index (χ1v) is 12.8. The van der Waals surface area contributed by atoms with E-state index in [-0.39, 0.29) is 18.0 Å². The van der Waals surface area contributed by atoms with Gasteiger partial charge in [-0.15, -0.1) is 0 Å². The zero-order valence-electron chi connectivity index (χ0n) is 22.5. The number of nitrogens with zero attached hydrogens (tertiary/aromatic N) is 3. The molecule has 39 heavy (non-hydrogen) atoms. The summed E-state index contributed by atoms with van der Waals surface area (Å²) < 4.78 is 0. The third-order valence-electron chi connectivity index (χ3n) is 6.36. The SMILES string of the molecule is C=CN=C1NC(c2ccc(NC(=O)Nc3cc(N4CCC[C@@H](NC(=O)C#CC)C4)ccn3)cc2)=CC1=C(C)C. The predicted molar refractivity (Wildman–Crippen MR) is 157 cm³/mol. The number of aromatic nitrogens is 1. The van der Waals surface area contributed by atoms with Crippen LogP contribution in [0.5, 0.6) is 0 Å². The lowest BCUT2D eigenvalue weighted by molar-refractivity contribution is -0.116. The van der Waals surface area contributed by atoms with Crippen LogP contribution in [0.3, 0.4) is 0 Å². The minimum absolute atomic E-state index is 0.0209. The number of urea groups is 1. The van der Waals surface area contributed by atoms with Gasteiger partial charge < -0.3 is 20.9 Å². The Balaban J connectivity index is 1.36. The average molecular weight is 524 g/mol. The van der Waals surface area contributed by atoms with Crippen LogP contribution in [0.1, 0.15) is 39.2 Å². The lowest BCUT2D eigenvalue weighted by atomic mass is 10.0. The highest BCUT2D eigenvalue weighted by Gasteiger charge is 2.22. The molecule has 0 saturated carbocycles. The third-order valence-corrected chi connectivity index (χ3v) is 6.36. The monoisotopic (exact) mass is 523 g/mol. The molecule has 0 spiro atoms. The van der Waals surface area contributed by atoms with Crippen molar-refractivity contribution in [1.29, 1.82) is 0 Å². The first kappa shape index (κ1) is 27.2. The van der Waals surface area contributed by atoms with E-state index in [0.717, 1.165) is 53.3 Å². The van der Waals surface area contributed by atoms with Crippen molar-refractivity contribution in [2.45, 2.75) is 39.7 Å². The molecular weight excluding hydrogens is 490 g/mol. The van der Waals surface area contributed by atoms with E-state index < -0.39 is 0 Å². The summed E-state index contributed by atoms with van der Waals surface area (Å²) in [7, 11) is 0. The van der Waals surface area contributed by atoms with Gasteiger partial charge in [0, 0.05) is 60.2 Å². The topological polar surface area (TPSA) is 111 Å². The number of amides is 3. The molecule has 2 aromatic rings. The van der Waals surface area contributed by atoms with Crippen LogP contribution in [0.4, 0.5) is 22.0 Å². The van der Waals surface area contributed by atoms with E-state index in [9.17, 15) is 9.59 Å². The van der Waals surface area contributed by atoms with E-state index >= 15 is 0 Å². The van der Waals surface area contributed by atoms with Crippen molar-refractivity contribution >= 4 is 40.7 Å². The average Bonchev–Trinajstić information content (AvgIpc) is 3.34. The maximum atomic E-state index is 12.7. The summed E-state index contributed by atoms with van der Waals surface area (Å²) >= 11 is 0. The van der Waals surface area contributed by atoms with Gasteiger partial charge in [-0.25, -0.2) is 14.8 Å². The number of rotatable bonds is 6. The van der Waals surface area contributed by atoms with Crippen molar-refractivity contribution in [2.24, 2.45) is 4.99 Å². The number of nitrogens with one attached hydrogen (secondary N) is 4. The summed E-state index contributed by atoms with van der Waals surface area (Å²) in [5, 5.41) is 11.9. The molecule has 1 aromatic heterocycles. The lowest BCUT2D eigenvalue weighted by Gasteiger charge is -2.34. The van der Waals surface area contributed by atoms with E-state index in [2.05, 4.69) is 60.6 Å². The van der Waals surface area contributed by atoms with Crippen LogP contribution in [0.25, 0.3) is 5.70 Å². The summed E-state index contributed by atoms with van der Waals surface area (Å²) in [6.07, 6.45) is 7.08. The van der Waals surface area contributed by atoms with Crippen LogP contribution in [-0.4, -0.2) is 41.9 Å². The predicted octanol–water partition coefficient (Wildman–Crippen LogP) is 4.66. The molecule has 2 aliphatic rings. The summed E-state index contributed by atoms with van der Waals surface area (Å²) in [5.74, 6) is 6.10. The Hall–Kier alpha value is -4.84. The van der Waals surface area contributed by atoms with Crippen LogP contribution in [-0.2, 0) is 4.79 Å². The Kier molecular flexibility index (Phi) is 8.79. The number of piperidine rings is 1. The first-order valence-electron chi connectivity index (χ1n) is 12.8. The molecule has 0 bridgehead atoms. The zero-order valence-corrected chi connectivity index (χ0v) is 22.5. The van der Waals surface area contributed by atoms with E-state index in [1.54, 1.807) is 13.1 Å². The Bertz CT molecular complexity index is 1410. The maximum absolute atomic E-state index is 12.7. The van der Waals surface area contributed by atoms with Crippen molar-refractivity contribution in [2.75, 3.05) is 28.6 Å². The van der Waals surface area contributed by atoms with Crippen LogP contribution < -0.4 is 26.2 Å². The summed E-state index contributed by atoms with van der Waals surface area (Å²) in [4.78, 5) is 35.3. The molecule has 200 valence electrons. The second kappa shape index (κ2) is 12.6. The normalized spacial score (nSPS) is 17.4. The molecule has 9 nitrogen and oxygen atoms in total. The smallest absolute Gasteiger partial charge is 0.324 e. The molecule has 0 unspecified atom stereocenters. The number of aliphatic imine (C=N–C) groups is 1. The van der Waals surface area contributed by atoms with E-state index in [4.69, 9.17) is 0 Å². The second-order valence-electron chi connectivity index (χ2n) is 9.45. The molecule has 1 fully saturated rings. The largest absolute Gasteiger partial charge is 0.369 e. The number of carbonyl (C=O) groups excluding carboxylic acids is 2. The summed E-state index contributed by atoms with van der Waals surface area (Å²) in [6.45, 7) is 10.9. The fourth-order valence-corrected chi connectivity index (χ4v) is 4.53. The van der Waals surface area contributed by atoms with Gasteiger partial charge in [0.05, 0.1) is 0 Å². The number of carbonyl (C=O) groups is 2. The van der Waals surface area contributed by atoms with Crippen molar-refractivity contribution in [3.8, 4) is 11.8 Å². The number of amidine groups is 1. The van der Waals surface area contributed by atoms with E-state index in [0.29, 0.717) is 18.1 Å². The van der Waals surface area contributed by atoms with Gasteiger partial charge in [-0.05, 0) is 69.4 Å². The molecular formula is C30H33N7O2. The number of pyridine rings is 1. The fraction of sp³-hybridized carbons (Fsp3) is 0.267. The van der Waals surface area contributed by atoms with Crippen LogP contribution >= 0.6 is 0 Å². The minimum atomic E-state index is -0.389. The fourth-order valence-electron chi connectivity index (χ4n) is 4.53.